The van der Waals surface area contributed by atoms with Crippen LogP contribution in [0.25, 0.3) is 0 Å². The van der Waals surface area contributed by atoms with Crippen LogP contribution in [0.1, 0.15) is 0 Å². The molecule has 112 valence electrons. The molecular formula is C13H13BrClN3O2S. The molecule has 0 bridgehead atoms. The Morgan fingerprint density at radius 2 is 2.00 bits per heavy atom. The number of hydrogen-bond donors (Lipinski definition) is 1. The number of nitrogens with zero attached hydrogens (tertiary/aromatic N) is 2. The van der Waals surface area contributed by atoms with Gasteiger partial charge in [0.1, 0.15) is 10.0 Å². The highest BCUT2D eigenvalue weighted by atomic mass is 79.9. The van der Waals surface area contributed by atoms with Gasteiger partial charge in [0.15, 0.2) is 0 Å². The first-order valence-corrected chi connectivity index (χ1v) is 8.57. The van der Waals surface area contributed by atoms with Crippen LogP contribution in [0.5, 0.6) is 0 Å². The molecule has 1 aromatic carbocycles. The zero-order valence-corrected chi connectivity index (χ0v) is 14.5. The molecule has 2 aromatic rings. The topological polar surface area (TPSA) is 62.3 Å². The van der Waals surface area contributed by atoms with Gasteiger partial charge in [0.25, 0.3) is 10.0 Å². The van der Waals surface area contributed by atoms with Crippen molar-refractivity contribution in [1.82, 2.24) is 4.98 Å². The summed E-state index contributed by atoms with van der Waals surface area (Å²) in [6, 6.07) is 8.27. The van der Waals surface area contributed by atoms with Crippen LogP contribution in [-0.4, -0.2) is 27.5 Å². The maximum atomic E-state index is 12.4. The third-order valence-corrected chi connectivity index (χ3v) is 5.00. The lowest BCUT2D eigenvalue weighted by Gasteiger charge is -2.19. The van der Waals surface area contributed by atoms with Crippen LogP contribution in [0.2, 0.25) is 5.15 Å². The van der Waals surface area contributed by atoms with E-state index in [0.717, 1.165) is 10.2 Å². The highest BCUT2D eigenvalue weighted by molar-refractivity contribution is 9.10. The lowest BCUT2D eigenvalue weighted by atomic mass is 10.2. The lowest BCUT2D eigenvalue weighted by Crippen LogP contribution is -2.17. The molecule has 8 heteroatoms. The predicted molar refractivity (Wildman–Crippen MR) is 88.5 cm³/mol. The zero-order valence-electron chi connectivity index (χ0n) is 11.3. The number of sulfonamides is 1. The Kier molecular flexibility index (Phi) is 4.75. The van der Waals surface area contributed by atoms with Gasteiger partial charge in [-0.2, -0.15) is 0 Å². The maximum absolute atomic E-state index is 12.4. The molecule has 1 aromatic heterocycles. The van der Waals surface area contributed by atoms with E-state index in [1.165, 1.54) is 18.3 Å². The molecule has 0 amide bonds. The van der Waals surface area contributed by atoms with Crippen molar-refractivity contribution in [2.24, 2.45) is 0 Å². The number of hydrogen-bond acceptors (Lipinski definition) is 4. The Labute approximate surface area is 137 Å². The lowest BCUT2D eigenvalue weighted by molar-refractivity contribution is 0.601. The zero-order chi connectivity index (χ0) is 15.6. The van der Waals surface area contributed by atoms with Gasteiger partial charge in [-0.1, -0.05) is 27.5 Å². The SMILES string of the molecule is CN(C)c1ccc(Br)cc1NS(=O)(=O)c1cccnc1Cl. The van der Waals surface area contributed by atoms with E-state index in [9.17, 15) is 8.42 Å². The Bertz CT molecular complexity index is 766. The molecule has 0 spiro atoms. The predicted octanol–water partition coefficient (Wildman–Crippen LogP) is 3.36. The molecule has 0 aliphatic heterocycles. The van der Waals surface area contributed by atoms with E-state index in [1.54, 1.807) is 6.07 Å². The maximum Gasteiger partial charge on any atom is 0.265 e. The van der Waals surface area contributed by atoms with Crippen molar-refractivity contribution in [2.75, 3.05) is 23.7 Å². The van der Waals surface area contributed by atoms with E-state index in [1.807, 2.05) is 31.1 Å². The number of anilines is 2. The summed E-state index contributed by atoms with van der Waals surface area (Å²) in [5.74, 6) is 0. The Morgan fingerprint density at radius 3 is 2.62 bits per heavy atom. The number of aromatic nitrogens is 1. The van der Waals surface area contributed by atoms with Crippen LogP contribution < -0.4 is 9.62 Å². The monoisotopic (exact) mass is 389 g/mol. The molecule has 5 nitrogen and oxygen atoms in total. The van der Waals surface area contributed by atoms with E-state index in [0.29, 0.717) is 5.69 Å². The van der Waals surface area contributed by atoms with Gasteiger partial charge < -0.3 is 4.90 Å². The van der Waals surface area contributed by atoms with E-state index >= 15 is 0 Å². The summed E-state index contributed by atoms with van der Waals surface area (Å²) in [6.07, 6.45) is 1.44. The molecule has 0 radical (unpaired) electrons. The second kappa shape index (κ2) is 6.21. The summed E-state index contributed by atoms with van der Waals surface area (Å²) in [6.45, 7) is 0. The molecule has 1 heterocycles. The van der Waals surface area contributed by atoms with Gasteiger partial charge in [-0.25, -0.2) is 13.4 Å². The molecule has 1 N–H and O–H groups in total. The minimum absolute atomic E-state index is 0.0589. The summed E-state index contributed by atoms with van der Waals surface area (Å²) in [5.41, 5.74) is 1.19. The van der Waals surface area contributed by atoms with Crippen LogP contribution in [-0.2, 0) is 10.0 Å². The van der Waals surface area contributed by atoms with Gasteiger partial charge in [0.05, 0.1) is 11.4 Å². The highest BCUT2D eigenvalue weighted by Crippen LogP contribution is 2.30. The van der Waals surface area contributed by atoms with Crippen molar-refractivity contribution in [3.63, 3.8) is 0 Å². The third kappa shape index (κ3) is 3.66. The first-order chi connectivity index (χ1) is 9.81. The van der Waals surface area contributed by atoms with Gasteiger partial charge in [-0.05, 0) is 30.3 Å². The summed E-state index contributed by atoms with van der Waals surface area (Å²) >= 11 is 9.19. The van der Waals surface area contributed by atoms with Crippen molar-refractivity contribution in [3.05, 3.63) is 46.2 Å². The largest absolute Gasteiger partial charge is 0.376 e. The number of pyridine rings is 1. The molecule has 0 aliphatic carbocycles. The Morgan fingerprint density at radius 1 is 1.29 bits per heavy atom. The number of benzene rings is 1. The fourth-order valence-electron chi connectivity index (χ4n) is 1.75. The Hall–Kier alpha value is -1.31. The molecule has 0 fully saturated rings. The standard InChI is InChI=1S/C13H13BrClN3O2S/c1-18(2)11-6-5-9(14)8-10(11)17-21(19,20)12-4-3-7-16-13(12)15/h3-8,17H,1-2H3. The van der Waals surface area contributed by atoms with E-state index in [-0.39, 0.29) is 10.0 Å². The van der Waals surface area contributed by atoms with Gasteiger partial charge in [0.2, 0.25) is 0 Å². The second-order valence-electron chi connectivity index (χ2n) is 4.45. The van der Waals surface area contributed by atoms with E-state index < -0.39 is 10.0 Å². The fraction of sp³-hybridized carbons (Fsp3) is 0.154. The molecule has 0 saturated carbocycles. The van der Waals surface area contributed by atoms with Crippen molar-refractivity contribution in [1.29, 1.82) is 0 Å². The number of rotatable bonds is 4. The summed E-state index contributed by atoms with van der Waals surface area (Å²) in [5, 5.41) is -0.0635. The molecule has 0 unspecified atom stereocenters. The van der Waals surface area contributed by atoms with Gasteiger partial charge in [-0.15, -0.1) is 0 Å². The van der Waals surface area contributed by atoms with Crippen LogP contribution in [0, 0.1) is 0 Å². The van der Waals surface area contributed by atoms with Crippen molar-refractivity contribution < 1.29 is 8.42 Å². The average Bonchev–Trinajstić information content (AvgIpc) is 2.38. The van der Waals surface area contributed by atoms with Crippen molar-refractivity contribution in [3.8, 4) is 0 Å². The fourth-order valence-corrected chi connectivity index (χ4v) is 3.63. The molecule has 21 heavy (non-hydrogen) atoms. The third-order valence-electron chi connectivity index (χ3n) is 2.70. The van der Waals surface area contributed by atoms with Gasteiger partial charge in [0, 0.05) is 24.8 Å². The number of halogens is 2. The van der Waals surface area contributed by atoms with Crippen molar-refractivity contribution in [2.45, 2.75) is 4.90 Å². The quantitative estimate of drug-likeness (QED) is 0.813. The molecule has 0 saturated heterocycles. The number of nitrogens with one attached hydrogen (secondary N) is 1. The van der Waals surface area contributed by atoms with Crippen LogP contribution in [0.15, 0.2) is 45.9 Å². The molecule has 0 atom stereocenters. The molecular weight excluding hydrogens is 378 g/mol. The highest BCUT2D eigenvalue weighted by Gasteiger charge is 2.20. The minimum atomic E-state index is -3.81. The van der Waals surface area contributed by atoms with Gasteiger partial charge >= 0.3 is 0 Å². The second-order valence-corrected chi connectivity index (χ2v) is 7.38. The van der Waals surface area contributed by atoms with E-state index in [2.05, 4.69) is 25.6 Å². The summed E-state index contributed by atoms with van der Waals surface area (Å²) < 4.78 is 28.2. The smallest absolute Gasteiger partial charge is 0.265 e. The average molecular weight is 391 g/mol. The summed E-state index contributed by atoms with van der Waals surface area (Å²) in [7, 11) is -0.146. The van der Waals surface area contributed by atoms with Gasteiger partial charge in [-0.3, -0.25) is 4.72 Å². The normalized spacial score (nSPS) is 11.2. The first kappa shape index (κ1) is 16.1. The molecule has 0 aliphatic rings. The van der Waals surface area contributed by atoms with Crippen LogP contribution >= 0.6 is 27.5 Å². The Balaban J connectivity index is 2.47. The van der Waals surface area contributed by atoms with Crippen LogP contribution in [0.4, 0.5) is 11.4 Å². The first-order valence-electron chi connectivity index (χ1n) is 5.91. The van der Waals surface area contributed by atoms with E-state index in [4.69, 9.17) is 11.6 Å². The minimum Gasteiger partial charge on any atom is -0.376 e. The van der Waals surface area contributed by atoms with Crippen LogP contribution in [0.3, 0.4) is 0 Å². The summed E-state index contributed by atoms with van der Waals surface area (Å²) in [4.78, 5) is 5.54. The van der Waals surface area contributed by atoms with Crippen molar-refractivity contribution >= 4 is 48.9 Å². The molecule has 2 rings (SSSR count).